The monoisotopic (exact) mass is 477 g/mol. The van der Waals surface area contributed by atoms with Crippen molar-refractivity contribution in [1.82, 2.24) is 0 Å². The van der Waals surface area contributed by atoms with Crippen LogP contribution in [0.4, 0.5) is 32.0 Å². The maximum atomic E-state index is 13.0. The minimum atomic E-state index is -4.95. The average molecular weight is 477 g/mol. The molecule has 0 bridgehead atoms. The van der Waals surface area contributed by atoms with Gasteiger partial charge in [0.15, 0.2) is 0 Å². The van der Waals surface area contributed by atoms with Crippen LogP contribution in [0.3, 0.4) is 0 Å². The molecule has 33 heavy (non-hydrogen) atoms. The Hall–Kier alpha value is -2.46. The van der Waals surface area contributed by atoms with E-state index in [4.69, 9.17) is 4.74 Å². The molecule has 0 radical (unpaired) electrons. The number of benzene rings is 2. The number of hydrogen-bond donors (Lipinski definition) is 2. The molecule has 182 valence electrons. The van der Waals surface area contributed by atoms with Crippen molar-refractivity contribution in [3.05, 3.63) is 58.7 Å². The largest absolute Gasteiger partial charge is 0.491 e. The van der Waals surface area contributed by atoms with Crippen LogP contribution in [-0.4, -0.2) is 50.5 Å². The van der Waals surface area contributed by atoms with Crippen LogP contribution in [0.2, 0.25) is 0 Å². The molecule has 0 amide bonds. The molecule has 4 nitrogen and oxygen atoms in total. The Kier molecular flexibility index (Phi) is 7.48. The number of ether oxygens (including phenoxy) is 1. The first-order valence-corrected chi connectivity index (χ1v) is 10.6. The molecule has 0 unspecified atom stereocenters. The van der Waals surface area contributed by atoms with Gasteiger partial charge in [-0.05, 0) is 49.2 Å². The Balaban J connectivity index is 1.56. The summed E-state index contributed by atoms with van der Waals surface area (Å²) in [5.74, 6) is -0.578. The van der Waals surface area contributed by atoms with E-state index in [1.165, 1.54) is 16.8 Å². The van der Waals surface area contributed by atoms with Crippen LogP contribution in [0.25, 0.3) is 0 Å². The van der Waals surface area contributed by atoms with E-state index >= 15 is 0 Å². The Bertz CT molecular complexity index is 921. The average Bonchev–Trinajstić information content (AvgIpc) is 2.73. The number of piperazine rings is 1. The topological polar surface area (TPSA) is 37.1 Å². The van der Waals surface area contributed by atoms with Gasteiger partial charge >= 0.3 is 12.4 Å². The highest BCUT2D eigenvalue weighted by molar-refractivity contribution is 5.56. The van der Waals surface area contributed by atoms with Crippen molar-refractivity contribution in [3.8, 4) is 5.75 Å². The number of rotatable bonds is 6. The van der Waals surface area contributed by atoms with E-state index in [9.17, 15) is 31.4 Å². The number of aliphatic hydroxyl groups excluding tert-OH is 1. The molecule has 1 aliphatic heterocycles. The first kappa shape index (κ1) is 25.2. The van der Waals surface area contributed by atoms with Gasteiger partial charge in [0.1, 0.15) is 25.0 Å². The van der Waals surface area contributed by atoms with Crippen LogP contribution in [0.5, 0.6) is 5.75 Å². The smallest absolute Gasteiger partial charge is 0.416 e. The summed E-state index contributed by atoms with van der Waals surface area (Å²) in [5, 5.41) is 10.3. The number of hydrogen-bond acceptors (Lipinski definition) is 3. The van der Waals surface area contributed by atoms with Gasteiger partial charge in [0.2, 0.25) is 0 Å². The van der Waals surface area contributed by atoms with Crippen molar-refractivity contribution in [2.24, 2.45) is 0 Å². The Labute approximate surface area is 188 Å². The van der Waals surface area contributed by atoms with E-state index in [1.54, 1.807) is 0 Å². The van der Waals surface area contributed by atoms with Gasteiger partial charge in [-0.1, -0.05) is 12.1 Å². The number of anilines is 1. The number of halogens is 6. The second-order valence-electron chi connectivity index (χ2n) is 8.37. The quantitative estimate of drug-likeness (QED) is 0.626. The third-order valence-electron chi connectivity index (χ3n) is 5.92. The Morgan fingerprint density at radius 2 is 1.55 bits per heavy atom. The van der Waals surface area contributed by atoms with E-state index < -0.39 is 41.9 Å². The number of nitrogens with zero attached hydrogens (tertiary/aromatic N) is 1. The summed E-state index contributed by atoms with van der Waals surface area (Å²) in [7, 11) is 0. The van der Waals surface area contributed by atoms with Gasteiger partial charge < -0.3 is 19.6 Å². The molecule has 3 rings (SSSR count). The molecule has 1 atom stereocenters. The van der Waals surface area contributed by atoms with Gasteiger partial charge in [0.05, 0.1) is 37.3 Å². The maximum absolute atomic E-state index is 13.0. The second-order valence-corrected chi connectivity index (χ2v) is 8.37. The van der Waals surface area contributed by atoms with E-state index in [1.807, 2.05) is 6.07 Å². The molecule has 1 heterocycles. The van der Waals surface area contributed by atoms with Gasteiger partial charge in [-0.25, -0.2) is 0 Å². The summed E-state index contributed by atoms with van der Waals surface area (Å²) in [6, 6.07) is 7.20. The molecule has 0 saturated carbocycles. The molecule has 1 saturated heterocycles. The number of aliphatic hydroxyl groups is 1. The fourth-order valence-corrected chi connectivity index (χ4v) is 3.94. The summed E-state index contributed by atoms with van der Waals surface area (Å²) in [6.45, 7) is 7.04. The highest BCUT2D eigenvalue weighted by Gasteiger charge is 2.37. The summed E-state index contributed by atoms with van der Waals surface area (Å²) >= 11 is 0. The molecule has 1 aliphatic rings. The van der Waals surface area contributed by atoms with Crippen LogP contribution >= 0.6 is 0 Å². The van der Waals surface area contributed by atoms with E-state index in [2.05, 4.69) is 30.9 Å². The standard InChI is InChI=1S/C23H26F6N2O2/c1-15-4-3-5-21(16(15)2)31-8-6-30(7-9-31)13-19(32)14-33-20-11-17(22(24,25)26)10-18(12-20)23(27,28)29/h3-5,10-12,19,32H,6-9,13-14H2,1-2H3/p+1/t19-/m0/s1. The van der Waals surface area contributed by atoms with Crippen molar-refractivity contribution in [3.63, 3.8) is 0 Å². The third kappa shape index (κ3) is 6.54. The maximum Gasteiger partial charge on any atom is 0.416 e. The summed E-state index contributed by atoms with van der Waals surface area (Å²) in [4.78, 5) is 3.36. The van der Waals surface area contributed by atoms with Crippen molar-refractivity contribution in [2.45, 2.75) is 32.3 Å². The van der Waals surface area contributed by atoms with Crippen molar-refractivity contribution in [1.29, 1.82) is 0 Å². The minimum Gasteiger partial charge on any atom is -0.491 e. The molecule has 2 N–H and O–H groups in total. The fraction of sp³-hybridized carbons (Fsp3) is 0.478. The molecule has 0 aromatic heterocycles. The van der Waals surface area contributed by atoms with Gasteiger partial charge in [-0.3, -0.25) is 0 Å². The zero-order valence-corrected chi connectivity index (χ0v) is 18.4. The first-order valence-electron chi connectivity index (χ1n) is 10.6. The van der Waals surface area contributed by atoms with E-state index in [-0.39, 0.29) is 12.6 Å². The molecule has 2 aromatic rings. The molecule has 0 spiro atoms. The lowest BCUT2D eigenvalue weighted by Crippen LogP contribution is -3.16. The zero-order valence-electron chi connectivity index (χ0n) is 18.4. The Morgan fingerprint density at radius 1 is 0.970 bits per heavy atom. The van der Waals surface area contributed by atoms with Crippen LogP contribution in [0.15, 0.2) is 36.4 Å². The minimum absolute atomic E-state index is 0.0445. The highest BCUT2D eigenvalue weighted by atomic mass is 19.4. The molecular weight excluding hydrogens is 450 g/mol. The van der Waals surface area contributed by atoms with Gasteiger partial charge in [-0.15, -0.1) is 0 Å². The van der Waals surface area contributed by atoms with E-state index in [0.717, 1.165) is 31.1 Å². The van der Waals surface area contributed by atoms with Crippen molar-refractivity contribution in [2.75, 3.05) is 44.2 Å². The lowest BCUT2D eigenvalue weighted by Gasteiger charge is -2.35. The highest BCUT2D eigenvalue weighted by Crippen LogP contribution is 2.38. The summed E-state index contributed by atoms with van der Waals surface area (Å²) in [6.07, 6.45) is -10.9. The molecule has 2 aromatic carbocycles. The molecule has 0 aliphatic carbocycles. The SMILES string of the molecule is Cc1cccc(N2CC[NH+](C[C@H](O)COc3cc(C(F)(F)F)cc(C(F)(F)F)c3)CC2)c1C. The summed E-state index contributed by atoms with van der Waals surface area (Å²) < 4.78 is 82.9. The van der Waals surface area contributed by atoms with Gasteiger partial charge in [0, 0.05) is 5.69 Å². The van der Waals surface area contributed by atoms with Gasteiger partial charge in [-0.2, -0.15) is 26.3 Å². The predicted octanol–water partition coefficient (Wildman–Crippen LogP) is 3.49. The predicted molar refractivity (Wildman–Crippen MR) is 112 cm³/mol. The second kappa shape index (κ2) is 9.80. The van der Waals surface area contributed by atoms with Crippen LogP contribution in [0, 0.1) is 13.8 Å². The molecule has 10 heteroatoms. The first-order chi connectivity index (χ1) is 15.3. The van der Waals surface area contributed by atoms with Crippen LogP contribution in [-0.2, 0) is 12.4 Å². The van der Waals surface area contributed by atoms with E-state index in [0.29, 0.717) is 12.1 Å². The normalized spacial score (nSPS) is 16.7. The zero-order chi connectivity index (χ0) is 24.4. The number of nitrogens with one attached hydrogen (secondary N) is 1. The number of alkyl halides is 6. The fourth-order valence-electron chi connectivity index (χ4n) is 3.94. The number of aryl methyl sites for hydroxylation is 1. The van der Waals surface area contributed by atoms with Crippen LogP contribution < -0.4 is 14.5 Å². The third-order valence-corrected chi connectivity index (χ3v) is 5.92. The number of quaternary nitrogens is 1. The lowest BCUT2D eigenvalue weighted by molar-refractivity contribution is -0.903. The lowest BCUT2D eigenvalue weighted by atomic mass is 10.1. The molecule has 1 fully saturated rings. The van der Waals surface area contributed by atoms with Gasteiger partial charge in [0.25, 0.3) is 0 Å². The van der Waals surface area contributed by atoms with Crippen molar-refractivity contribution >= 4 is 5.69 Å². The molecular formula is C23H27F6N2O2+. The Morgan fingerprint density at radius 3 is 2.09 bits per heavy atom. The summed E-state index contributed by atoms with van der Waals surface area (Å²) in [5.41, 5.74) is 0.694. The van der Waals surface area contributed by atoms with Crippen molar-refractivity contribution < 1.29 is 41.1 Å². The van der Waals surface area contributed by atoms with Crippen LogP contribution in [0.1, 0.15) is 22.3 Å².